The van der Waals surface area contributed by atoms with Gasteiger partial charge in [-0.05, 0) is 27.7 Å². The Morgan fingerprint density at radius 3 is 1.42 bits per heavy atom. The molecule has 0 spiro atoms. The van der Waals surface area contributed by atoms with Crippen LogP contribution in [0.15, 0.2) is 0 Å². The number of rotatable bonds is 0. The maximum atomic E-state index is 5.43. The summed E-state index contributed by atoms with van der Waals surface area (Å²) in [5, 5.41) is 0. The van der Waals surface area contributed by atoms with Crippen molar-refractivity contribution in [2.45, 2.75) is 38.9 Å². The fourth-order valence-electron chi connectivity index (χ4n) is 0.965. The van der Waals surface area contributed by atoms with E-state index in [2.05, 4.69) is 26.6 Å². The van der Waals surface area contributed by atoms with Crippen LogP contribution in [0.3, 0.4) is 0 Å². The third-order valence-electron chi connectivity index (χ3n) is 2.30. The summed E-state index contributed by atoms with van der Waals surface area (Å²) in [7, 11) is -0.315. The van der Waals surface area contributed by atoms with Crippen molar-refractivity contribution in [2.75, 3.05) is 0 Å². The van der Waals surface area contributed by atoms with Gasteiger partial charge in [0.15, 0.2) is 0 Å². The molecule has 1 aliphatic rings. The van der Waals surface area contributed by atoms with Crippen molar-refractivity contribution >= 4 is 26.9 Å². The van der Waals surface area contributed by atoms with Crippen molar-refractivity contribution in [2.24, 2.45) is 0 Å². The van der Waals surface area contributed by atoms with Gasteiger partial charge < -0.3 is 16.1 Å². The summed E-state index contributed by atoms with van der Waals surface area (Å²) in [6.45, 7) is 11.7. The van der Waals surface area contributed by atoms with Gasteiger partial charge >= 0.3 is 34.5 Å². The average molecular weight is 333 g/mol. The van der Waals surface area contributed by atoms with Gasteiger partial charge in [-0.2, -0.15) is 0 Å². The Hall–Kier alpha value is 1.34. The molecule has 2 nitrogen and oxygen atoms in total. The Balaban J connectivity index is 0.000000561. The van der Waals surface area contributed by atoms with E-state index in [1.54, 1.807) is 0 Å². The molecule has 0 atom stereocenters. The van der Waals surface area contributed by atoms with Gasteiger partial charge in [0.2, 0.25) is 0 Å². The molecule has 1 fully saturated rings. The molecular formula is C7H14BIO2Zn. The third kappa shape index (κ3) is 2.93. The zero-order valence-electron chi connectivity index (χ0n) is 8.19. The van der Waals surface area contributed by atoms with Crippen LogP contribution in [0, 0.1) is 6.82 Å². The van der Waals surface area contributed by atoms with Crippen LogP contribution < -0.4 is 0 Å². The summed E-state index contributed by atoms with van der Waals surface area (Å²) in [4.78, 5) is 0. The molecule has 0 saturated carbocycles. The van der Waals surface area contributed by atoms with Crippen LogP contribution >= 0.6 is 19.8 Å². The van der Waals surface area contributed by atoms with Crippen molar-refractivity contribution < 1.29 is 24.1 Å². The Bertz CT molecular complexity index is 136. The van der Waals surface area contributed by atoms with Gasteiger partial charge in [0.05, 0.1) is 11.2 Å². The van der Waals surface area contributed by atoms with Gasteiger partial charge in [-0.3, -0.25) is 0 Å². The van der Waals surface area contributed by atoms with Gasteiger partial charge in [0, 0.05) is 0 Å². The molecule has 66 valence electrons. The molecule has 0 unspecified atom stereocenters. The summed E-state index contributed by atoms with van der Waals surface area (Å²) < 4.78 is 10.9. The second-order valence-corrected chi connectivity index (χ2v) is 3.69. The predicted octanol–water partition coefficient (Wildman–Crippen LogP) is 2.34. The van der Waals surface area contributed by atoms with Gasteiger partial charge in [-0.1, -0.05) is 0 Å². The standard InChI is InChI=1S/C7H14BO2.HI.Zn/c1-6(2)7(3,4)10-8(5)9-6;;/h5H2,1-4H3;1H;/q-1;;+2/p-1. The number of hydrogen-bond acceptors (Lipinski definition) is 2. The van der Waals surface area contributed by atoms with E-state index in [1.165, 1.54) is 14.8 Å². The first-order chi connectivity index (χ1) is 5.35. The summed E-state index contributed by atoms with van der Waals surface area (Å²) in [6, 6.07) is 0. The van der Waals surface area contributed by atoms with E-state index in [0.717, 1.165) is 0 Å². The van der Waals surface area contributed by atoms with Crippen molar-refractivity contribution in [3.63, 3.8) is 0 Å². The normalized spacial score (nSPS) is 24.8. The van der Waals surface area contributed by atoms with Crippen molar-refractivity contribution in [1.82, 2.24) is 0 Å². The fourth-order valence-corrected chi connectivity index (χ4v) is 0.965. The van der Waals surface area contributed by atoms with E-state index >= 15 is 0 Å². The number of halogens is 1. The summed E-state index contributed by atoms with van der Waals surface area (Å²) in [5.41, 5.74) is -0.446. The van der Waals surface area contributed by atoms with E-state index in [4.69, 9.17) is 9.31 Å². The zero-order chi connectivity index (χ0) is 9.99. The second kappa shape index (κ2) is 4.72. The van der Waals surface area contributed by atoms with Crippen LogP contribution in [0.5, 0.6) is 0 Å². The molecule has 1 saturated heterocycles. The van der Waals surface area contributed by atoms with Crippen LogP contribution in [0.4, 0.5) is 0 Å². The average Bonchev–Trinajstić information content (AvgIpc) is 2.04. The van der Waals surface area contributed by atoms with Crippen LogP contribution in [-0.2, 0) is 24.1 Å². The van der Waals surface area contributed by atoms with E-state index in [-0.39, 0.29) is 18.3 Å². The predicted molar refractivity (Wildman–Crippen MR) is 55.5 cm³/mol. The van der Waals surface area contributed by atoms with E-state index in [0.29, 0.717) is 0 Å². The second-order valence-electron chi connectivity index (χ2n) is 3.69. The minimum absolute atomic E-state index is 0.223. The van der Waals surface area contributed by atoms with Crippen LogP contribution in [0.2, 0.25) is 0 Å². The quantitative estimate of drug-likeness (QED) is 0.385. The molecule has 0 aromatic heterocycles. The molecule has 0 radical (unpaired) electrons. The van der Waals surface area contributed by atoms with Gasteiger partial charge in [0.1, 0.15) is 0 Å². The molecule has 1 heterocycles. The van der Waals surface area contributed by atoms with Gasteiger partial charge in [-0.15, -0.1) is 0 Å². The van der Waals surface area contributed by atoms with Gasteiger partial charge in [0.25, 0.3) is 7.12 Å². The third-order valence-corrected chi connectivity index (χ3v) is 2.30. The summed E-state index contributed by atoms with van der Waals surface area (Å²) in [5.74, 6) is 0. The molecule has 0 bridgehead atoms. The van der Waals surface area contributed by atoms with Gasteiger partial charge in [-0.25, -0.2) is 0 Å². The van der Waals surface area contributed by atoms with Crippen LogP contribution in [0.25, 0.3) is 0 Å². The topological polar surface area (TPSA) is 18.5 Å². The molecule has 1 rings (SSSR count). The first kappa shape index (κ1) is 13.3. The maximum absolute atomic E-state index is 5.43. The molecule has 0 aliphatic carbocycles. The molecular weight excluding hydrogens is 319 g/mol. The Labute approximate surface area is 96.2 Å². The molecule has 12 heavy (non-hydrogen) atoms. The van der Waals surface area contributed by atoms with Crippen molar-refractivity contribution in [1.29, 1.82) is 0 Å². The Kier molecular flexibility index (Phi) is 5.24. The minimum atomic E-state index is -0.315. The summed E-state index contributed by atoms with van der Waals surface area (Å²) in [6.07, 6.45) is 0. The molecule has 0 aromatic carbocycles. The van der Waals surface area contributed by atoms with E-state index in [1.807, 2.05) is 27.7 Å². The molecule has 0 aromatic rings. The van der Waals surface area contributed by atoms with E-state index in [9.17, 15) is 0 Å². The number of hydrogen-bond donors (Lipinski definition) is 0. The summed E-state index contributed by atoms with van der Waals surface area (Å²) >= 11 is 3.62. The SMILES string of the molecule is [CH2-]B1OC(C)(C)C(C)(C)O1.[Zn+][I]. The van der Waals surface area contributed by atoms with E-state index < -0.39 is 0 Å². The fraction of sp³-hybridized carbons (Fsp3) is 0.857. The molecule has 1 aliphatic heterocycles. The Morgan fingerprint density at radius 2 is 1.33 bits per heavy atom. The molecule has 5 heteroatoms. The molecule has 0 N–H and O–H groups in total. The monoisotopic (exact) mass is 332 g/mol. The first-order valence-corrected chi connectivity index (χ1v) is 12.9. The van der Waals surface area contributed by atoms with Crippen LogP contribution in [0.1, 0.15) is 27.7 Å². The Morgan fingerprint density at radius 1 is 1.08 bits per heavy atom. The first-order valence-electron chi connectivity index (χ1n) is 3.81. The van der Waals surface area contributed by atoms with Crippen molar-refractivity contribution in [3.8, 4) is 0 Å². The van der Waals surface area contributed by atoms with Crippen molar-refractivity contribution in [3.05, 3.63) is 6.82 Å². The zero-order valence-corrected chi connectivity index (χ0v) is 13.3. The van der Waals surface area contributed by atoms with Crippen LogP contribution in [-0.4, -0.2) is 18.3 Å². The molecule has 0 amide bonds.